The van der Waals surface area contributed by atoms with Crippen LogP contribution in [0.4, 0.5) is 0 Å². The Kier molecular flexibility index (Phi) is 1.12. The summed E-state index contributed by atoms with van der Waals surface area (Å²) < 4.78 is 10.2. The molecule has 1 fully saturated rings. The van der Waals surface area contributed by atoms with Crippen molar-refractivity contribution in [2.75, 3.05) is 6.16 Å². The SMILES string of the molecule is O=[P]1CCC1Cl. The summed E-state index contributed by atoms with van der Waals surface area (Å²) in [4.78, 5) is 0. The highest BCUT2D eigenvalue weighted by Gasteiger charge is 2.23. The summed E-state index contributed by atoms with van der Waals surface area (Å²) in [6.07, 6.45) is 1.81. The summed E-state index contributed by atoms with van der Waals surface area (Å²) in [5.74, 6) is 0. The zero-order chi connectivity index (χ0) is 4.57. The molecular formula is C3H5ClOP. The predicted molar refractivity (Wildman–Crippen MR) is 26.7 cm³/mol. The Hall–Kier alpha value is 0.390. The fourth-order valence-electron chi connectivity index (χ4n) is 0.332. The second-order valence-electron chi connectivity index (χ2n) is 1.36. The summed E-state index contributed by atoms with van der Waals surface area (Å²) >= 11 is 5.42. The summed E-state index contributed by atoms with van der Waals surface area (Å²) in [5.41, 5.74) is 0. The first-order chi connectivity index (χ1) is 2.80. The number of halogens is 1. The average Bonchev–Trinajstić information content (AvgIpc) is 1.61. The molecule has 6 heavy (non-hydrogen) atoms. The fourth-order valence-corrected chi connectivity index (χ4v) is 1.58. The molecule has 0 spiro atoms. The lowest BCUT2D eigenvalue weighted by atomic mass is 10.5. The molecule has 0 bridgehead atoms. The molecule has 2 atom stereocenters. The van der Waals surface area contributed by atoms with Crippen molar-refractivity contribution in [2.24, 2.45) is 0 Å². The monoisotopic (exact) mass is 123 g/mol. The summed E-state index contributed by atoms with van der Waals surface area (Å²) in [6, 6.07) is 0. The first-order valence-electron chi connectivity index (χ1n) is 1.88. The summed E-state index contributed by atoms with van der Waals surface area (Å²) in [7, 11) is -0.963. The molecule has 0 aromatic heterocycles. The molecule has 0 N–H and O–H groups in total. The maximum absolute atomic E-state index is 10.2. The molecule has 1 radical (unpaired) electrons. The van der Waals surface area contributed by atoms with Crippen LogP contribution in [-0.4, -0.2) is 11.3 Å². The van der Waals surface area contributed by atoms with E-state index in [4.69, 9.17) is 11.6 Å². The van der Waals surface area contributed by atoms with Crippen molar-refractivity contribution in [1.82, 2.24) is 0 Å². The van der Waals surface area contributed by atoms with Crippen molar-refractivity contribution in [2.45, 2.75) is 11.5 Å². The van der Waals surface area contributed by atoms with E-state index in [9.17, 15) is 4.57 Å². The second kappa shape index (κ2) is 1.48. The molecule has 0 aliphatic carbocycles. The largest absolute Gasteiger partial charge is 0.286 e. The standard InChI is InChI=1S/C3H5ClOP/c4-3-1-2-6(3)5/h3H,1-2H2. The van der Waals surface area contributed by atoms with E-state index in [-0.39, 0.29) is 5.12 Å². The first kappa shape index (κ1) is 4.55. The number of hydrogen-bond acceptors (Lipinski definition) is 1. The van der Waals surface area contributed by atoms with Crippen LogP contribution in [0.3, 0.4) is 0 Å². The highest BCUT2D eigenvalue weighted by molar-refractivity contribution is 7.49. The normalized spacial score (nSPS) is 38.8. The lowest BCUT2D eigenvalue weighted by Gasteiger charge is -2.15. The van der Waals surface area contributed by atoms with Gasteiger partial charge >= 0.3 is 0 Å². The van der Waals surface area contributed by atoms with Crippen LogP contribution in [0.15, 0.2) is 0 Å². The molecule has 0 amide bonds. The third-order valence-corrected chi connectivity index (χ3v) is 3.35. The van der Waals surface area contributed by atoms with E-state index >= 15 is 0 Å². The van der Waals surface area contributed by atoms with Crippen molar-refractivity contribution in [1.29, 1.82) is 0 Å². The van der Waals surface area contributed by atoms with Gasteiger partial charge in [0.25, 0.3) is 0 Å². The van der Waals surface area contributed by atoms with Crippen molar-refractivity contribution in [3.8, 4) is 0 Å². The van der Waals surface area contributed by atoms with Crippen LogP contribution in [0.2, 0.25) is 0 Å². The van der Waals surface area contributed by atoms with E-state index in [1.165, 1.54) is 0 Å². The molecule has 2 unspecified atom stereocenters. The molecule has 1 saturated heterocycles. The minimum absolute atomic E-state index is 0.0139. The molecule has 1 rings (SSSR count). The Bertz CT molecular complexity index is 82.9. The molecule has 1 heterocycles. The minimum Gasteiger partial charge on any atom is -0.286 e. The van der Waals surface area contributed by atoms with Crippen LogP contribution in [-0.2, 0) is 4.57 Å². The van der Waals surface area contributed by atoms with E-state index in [0.29, 0.717) is 0 Å². The zero-order valence-corrected chi connectivity index (χ0v) is 4.88. The Morgan fingerprint density at radius 1 is 1.83 bits per heavy atom. The predicted octanol–water partition coefficient (Wildman–Crippen LogP) is 1.78. The van der Waals surface area contributed by atoms with Gasteiger partial charge in [-0.05, 0) is 6.42 Å². The topological polar surface area (TPSA) is 17.1 Å². The smallest absolute Gasteiger partial charge is 0.104 e. The van der Waals surface area contributed by atoms with Gasteiger partial charge in [0.1, 0.15) is 5.12 Å². The van der Waals surface area contributed by atoms with Gasteiger partial charge in [-0.2, -0.15) is 0 Å². The Morgan fingerprint density at radius 2 is 2.33 bits per heavy atom. The van der Waals surface area contributed by atoms with E-state index in [2.05, 4.69) is 0 Å². The van der Waals surface area contributed by atoms with Gasteiger partial charge in [-0.15, -0.1) is 11.6 Å². The van der Waals surface area contributed by atoms with Crippen molar-refractivity contribution in [3.63, 3.8) is 0 Å². The first-order valence-corrected chi connectivity index (χ1v) is 3.83. The lowest BCUT2D eigenvalue weighted by molar-refractivity contribution is 0.573. The summed E-state index contributed by atoms with van der Waals surface area (Å²) in [6.45, 7) is 0. The minimum atomic E-state index is -0.963. The Labute approximate surface area is 42.5 Å². The van der Waals surface area contributed by atoms with E-state index in [1.54, 1.807) is 0 Å². The van der Waals surface area contributed by atoms with Crippen LogP contribution in [0.1, 0.15) is 6.42 Å². The van der Waals surface area contributed by atoms with Crippen molar-refractivity contribution >= 4 is 19.4 Å². The average molecular weight is 123 g/mol. The lowest BCUT2D eigenvalue weighted by Crippen LogP contribution is -2.06. The second-order valence-corrected chi connectivity index (χ2v) is 4.10. The molecule has 1 nitrogen and oxygen atoms in total. The van der Waals surface area contributed by atoms with Crippen molar-refractivity contribution < 1.29 is 4.57 Å². The van der Waals surface area contributed by atoms with Gasteiger partial charge in [-0.3, -0.25) is 4.57 Å². The van der Waals surface area contributed by atoms with Gasteiger partial charge in [0.15, 0.2) is 0 Å². The molecule has 0 saturated carbocycles. The van der Waals surface area contributed by atoms with Gasteiger partial charge in [-0.1, -0.05) is 0 Å². The molecule has 1 aliphatic rings. The molecule has 35 valence electrons. The molecular weight excluding hydrogens is 118 g/mol. The molecule has 0 aromatic rings. The summed E-state index contributed by atoms with van der Waals surface area (Å²) in [5, 5.41) is 0.0139. The van der Waals surface area contributed by atoms with Crippen LogP contribution in [0.25, 0.3) is 0 Å². The number of rotatable bonds is 0. The molecule has 3 heteroatoms. The van der Waals surface area contributed by atoms with Gasteiger partial charge in [0.2, 0.25) is 0 Å². The van der Waals surface area contributed by atoms with Gasteiger partial charge < -0.3 is 0 Å². The third kappa shape index (κ3) is 0.572. The van der Waals surface area contributed by atoms with E-state index in [1.807, 2.05) is 0 Å². The third-order valence-electron chi connectivity index (χ3n) is 0.900. The van der Waals surface area contributed by atoms with Crippen molar-refractivity contribution in [3.05, 3.63) is 0 Å². The maximum Gasteiger partial charge on any atom is 0.104 e. The van der Waals surface area contributed by atoms with Crippen LogP contribution < -0.4 is 0 Å². The van der Waals surface area contributed by atoms with Crippen LogP contribution in [0.5, 0.6) is 0 Å². The maximum atomic E-state index is 10.2. The Balaban J connectivity index is 2.39. The highest BCUT2D eigenvalue weighted by atomic mass is 35.5. The van der Waals surface area contributed by atoms with Gasteiger partial charge in [-0.25, -0.2) is 0 Å². The quantitative estimate of drug-likeness (QED) is 0.355. The molecule has 1 aliphatic heterocycles. The number of alkyl halides is 1. The van der Waals surface area contributed by atoms with Gasteiger partial charge in [0, 0.05) is 6.16 Å². The molecule has 0 aromatic carbocycles. The Morgan fingerprint density at radius 3 is 2.33 bits per heavy atom. The van der Waals surface area contributed by atoms with Crippen LogP contribution in [0, 0.1) is 0 Å². The fraction of sp³-hybridized carbons (Fsp3) is 1.00. The number of hydrogen-bond donors (Lipinski definition) is 0. The van der Waals surface area contributed by atoms with Gasteiger partial charge in [0.05, 0.1) is 7.80 Å². The zero-order valence-electron chi connectivity index (χ0n) is 3.22. The van der Waals surface area contributed by atoms with E-state index in [0.717, 1.165) is 12.6 Å². The van der Waals surface area contributed by atoms with Crippen LogP contribution >= 0.6 is 19.4 Å². The van der Waals surface area contributed by atoms with E-state index < -0.39 is 7.80 Å². The highest BCUT2D eigenvalue weighted by Crippen LogP contribution is 2.44.